The summed E-state index contributed by atoms with van der Waals surface area (Å²) in [7, 11) is 1.56. The van der Waals surface area contributed by atoms with Crippen LogP contribution in [0.1, 0.15) is 12.5 Å². The van der Waals surface area contributed by atoms with Crippen LogP contribution in [-0.2, 0) is 15.1 Å². The van der Waals surface area contributed by atoms with Gasteiger partial charge in [-0.1, -0.05) is 12.1 Å². The van der Waals surface area contributed by atoms with E-state index in [2.05, 4.69) is 10.6 Å². The molecule has 3 heterocycles. The highest BCUT2D eigenvalue weighted by Gasteiger charge is 2.50. The van der Waals surface area contributed by atoms with Gasteiger partial charge in [-0.15, -0.1) is 0 Å². The number of ether oxygens (including phenoxy) is 1. The highest BCUT2D eigenvalue weighted by molar-refractivity contribution is 6.09. The molecule has 0 saturated carbocycles. The molecule has 1 aromatic rings. The molecule has 144 valence electrons. The van der Waals surface area contributed by atoms with Gasteiger partial charge in [0.05, 0.1) is 7.11 Å². The lowest BCUT2D eigenvalue weighted by Crippen LogP contribution is -2.44. The molecule has 4 rings (SSSR count). The summed E-state index contributed by atoms with van der Waals surface area (Å²) in [5.41, 5.74) is -0.534. The number of amides is 4. The summed E-state index contributed by atoms with van der Waals surface area (Å²) in [6, 6.07) is 6.44. The minimum Gasteiger partial charge on any atom is -0.497 e. The van der Waals surface area contributed by atoms with Crippen LogP contribution >= 0.6 is 0 Å². The fourth-order valence-electron chi connectivity index (χ4n) is 4.25. The molecule has 1 unspecified atom stereocenters. The Morgan fingerprint density at radius 3 is 2.41 bits per heavy atom. The van der Waals surface area contributed by atoms with Crippen molar-refractivity contribution >= 4 is 17.8 Å². The van der Waals surface area contributed by atoms with Crippen LogP contribution in [0.25, 0.3) is 0 Å². The zero-order chi connectivity index (χ0) is 19.2. The zero-order valence-electron chi connectivity index (χ0n) is 15.5. The van der Waals surface area contributed by atoms with Crippen molar-refractivity contribution in [1.29, 1.82) is 0 Å². The van der Waals surface area contributed by atoms with E-state index in [4.69, 9.17) is 4.74 Å². The number of hydrogen-bond acceptors (Lipinski definition) is 5. The maximum atomic E-state index is 13.0. The van der Waals surface area contributed by atoms with Crippen LogP contribution in [0, 0.1) is 11.8 Å². The van der Waals surface area contributed by atoms with Gasteiger partial charge in [0.15, 0.2) is 0 Å². The zero-order valence-corrected chi connectivity index (χ0v) is 15.5. The second-order valence-corrected chi connectivity index (χ2v) is 7.65. The van der Waals surface area contributed by atoms with E-state index < -0.39 is 17.5 Å². The number of methoxy groups -OCH3 is 1. The normalized spacial score (nSPS) is 29.9. The second-order valence-electron chi connectivity index (χ2n) is 7.65. The third-order valence-corrected chi connectivity index (χ3v) is 5.98. The van der Waals surface area contributed by atoms with Crippen molar-refractivity contribution in [2.75, 3.05) is 39.8 Å². The SMILES string of the molecule is COc1ccc(C2(C)NC(=O)N(CC(=O)N3C[C@H]4CNC[C@H]4C3)C2=O)cc1. The Kier molecular flexibility index (Phi) is 4.30. The quantitative estimate of drug-likeness (QED) is 0.734. The van der Waals surface area contributed by atoms with Crippen LogP contribution in [0.4, 0.5) is 4.79 Å². The van der Waals surface area contributed by atoms with E-state index in [9.17, 15) is 14.4 Å². The highest BCUT2D eigenvalue weighted by atomic mass is 16.5. The number of nitrogens with zero attached hydrogens (tertiary/aromatic N) is 2. The van der Waals surface area contributed by atoms with Gasteiger partial charge in [-0.05, 0) is 36.5 Å². The number of carbonyl (C=O) groups excluding carboxylic acids is 3. The minimum atomic E-state index is -1.19. The maximum Gasteiger partial charge on any atom is 0.325 e. The summed E-state index contributed by atoms with van der Waals surface area (Å²) < 4.78 is 5.14. The van der Waals surface area contributed by atoms with Gasteiger partial charge < -0.3 is 20.3 Å². The van der Waals surface area contributed by atoms with E-state index in [1.165, 1.54) is 0 Å². The van der Waals surface area contributed by atoms with Gasteiger partial charge in [0.25, 0.3) is 5.91 Å². The molecular formula is C19H24N4O4. The van der Waals surface area contributed by atoms with Crippen LogP contribution in [0.15, 0.2) is 24.3 Å². The maximum absolute atomic E-state index is 13.0. The third-order valence-electron chi connectivity index (χ3n) is 5.98. The second kappa shape index (κ2) is 6.53. The number of fused-ring (bicyclic) bond motifs is 1. The Morgan fingerprint density at radius 1 is 1.19 bits per heavy atom. The summed E-state index contributed by atoms with van der Waals surface area (Å²) in [4.78, 5) is 40.9. The molecule has 8 nitrogen and oxygen atoms in total. The van der Waals surface area contributed by atoms with E-state index in [0.29, 0.717) is 36.2 Å². The molecule has 3 aliphatic heterocycles. The lowest BCUT2D eigenvalue weighted by Gasteiger charge is -2.23. The van der Waals surface area contributed by atoms with Gasteiger partial charge in [0, 0.05) is 26.2 Å². The van der Waals surface area contributed by atoms with E-state index in [-0.39, 0.29) is 12.5 Å². The molecular weight excluding hydrogens is 348 g/mol. The first-order valence-corrected chi connectivity index (χ1v) is 9.19. The first-order chi connectivity index (χ1) is 12.9. The first kappa shape index (κ1) is 17.8. The predicted molar refractivity (Wildman–Crippen MR) is 97.0 cm³/mol. The predicted octanol–water partition coefficient (Wildman–Crippen LogP) is 0.140. The Labute approximate surface area is 157 Å². The van der Waals surface area contributed by atoms with Crippen molar-refractivity contribution in [2.24, 2.45) is 11.8 Å². The average molecular weight is 372 g/mol. The Morgan fingerprint density at radius 2 is 1.81 bits per heavy atom. The summed E-state index contributed by atoms with van der Waals surface area (Å²) in [6.45, 7) is 4.67. The van der Waals surface area contributed by atoms with E-state index in [1.54, 1.807) is 43.2 Å². The summed E-state index contributed by atoms with van der Waals surface area (Å²) >= 11 is 0. The standard InChI is InChI=1S/C19H24N4O4/c1-19(14-3-5-15(27-2)6-4-14)17(25)23(18(26)21-19)11-16(24)22-9-12-7-20-8-13(12)10-22/h3-6,12-13,20H,7-11H2,1-2H3,(H,21,26)/t12-,13+,19?. The van der Waals surface area contributed by atoms with Crippen LogP contribution in [0.2, 0.25) is 0 Å². The van der Waals surface area contributed by atoms with Crippen LogP contribution < -0.4 is 15.4 Å². The molecule has 0 radical (unpaired) electrons. The number of nitrogens with one attached hydrogen (secondary N) is 2. The molecule has 3 saturated heterocycles. The lowest BCUT2D eigenvalue weighted by atomic mass is 9.92. The molecule has 3 atom stereocenters. The van der Waals surface area contributed by atoms with Crippen molar-refractivity contribution in [1.82, 2.24) is 20.4 Å². The van der Waals surface area contributed by atoms with Crippen LogP contribution in [0.3, 0.4) is 0 Å². The van der Waals surface area contributed by atoms with E-state index in [0.717, 1.165) is 18.0 Å². The molecule has 4 amide bonds. The van der Waals surface area contributed by atoms with E-state index in [1.807, 2.05) is 0 Å². The molecule has 8 heteroatoms. The van der Waals surface area contributed by atoms with E-state index >= 15 is 0 Å². The highest BCUT2D eigenvalue weighted by Crippen LogP contribution is 2.31. The molecule has 3 aliphatic rings. The van der Waals surface area contributed by atoms with Gasteiger partial charge in [0.1, 0.15) is 17.8 Å². The monoisotopic (exact) mass is 372 g/mol. The minimum absolute atomic E-state index is 0.174. The molecule has 1 aromatic carbocycles. The van der Waals surface area contributed by atoms with Gasteiger partial charge in [-0.25, -0.2) is 4.79 Å². The molecule has 2 N–H and O–H groups in total. The fraction of sp³-hybridized carbons (Fsp3) is 0.526. The summed E-state index contributed by atoms with van der Waals surface area (Å²) in [5, 5.41) is 6.07. The Hall–Kier alpha value is -2.61. The molecule has 27 heavy (non-hydrogen) atoms. The molecule has 0 aliphatic carbocycles. The number of benzene rings is 1. The van der Waals surface area contributed by atoms with Crippen molar-refractivity contribution in [2.45, 2.75) is 12.5 Å². The van der Waals surface area contributed by atoms with Crippen LogP contribution in [-0.4, -0.2) is 67.5 Å². The number of rotatable bonds is 4. The van der Waals surface area contributed by atoms with Crippen molar-refractivity contribution in [3.05, 3.63) is 29.8 Å². The Balaban J connectivity index is 1.46. The van der Waals surface area contributed by atoms with Crippen molar-refractivity contribution < 1.29 is 19.1 Å². The number of likely N-dealkylation sites (tertiary alicyclic amines) is 1. The molecule has 0 aromatic heterocycles. The van der Waals surface area contributed by atoms with Crippen molar-refractivity contribution in [3.63, 3.8) is 0 Å². The molecule has 3 fully saturated rings. The van der Waals surface area contributed by atoms with Crippen LogP contribution in [0.5, 0.6) is 5.75 Å². The average Bonchev–Trinajstić information content (AvgIpc) is 3.32. The third kappa shape index (κ3) is 2.93. The molecule has 0 spiro atoms. The Bertz CT molecular complexity index is 768. The summed E-state index contributed by atoms with van der Waals surface area (Å²) in [6.07, 6.45) is 0. The number of imide groups is 1. The van der Waals surface area contributed by atoms with Gasteiger partial charge in [-0.3, -0.25) is 14.5 Å². The molecule has 0 bridgehead atoms. The van der Waals surface area contributed by atoms with Crippen molar-refractivity contribution in [3.8, 4) is 5.75 Å². The van der Waals surface area contributed by atoms with Gasteiger partial charge in [-0.2, -0.15) is 0 Å². The smallest absolute Gasteiger partial charge is 0.325 e. The van der Waals surface area contributed by atoms with Gasteiger partial charge >= 0.3 is 6.03 Å². The summed E-state index contributed by atoms with van der Waals surface area (Å²) in [5.74, 6) is 1.03. The lowest BCUT2D eigenvalue weighted by molar-refractivity contribution is -0.138. The fourth-order valence-corrected chi connectivity index (χ4v) is 4.25. The first-order valence-electron chi connectivity index (χ1n) is 9.19. The topological polar surface area (TPSA) is 91.0 Å². The van der Waals surface area contributed by atoms with Gasteiger partial charge in [0.2, 0.25) is 5.91 Å². The largest absolute Gasteiger partial charge is 0.497 e. The number of carbonyl (C=O) groups is 3. The number of urea groups is 1. The number of hydrogen-bond donors (Lipinski definition) is 2.